The molecule has 3 aliphatic rings. The number of benzene rings is 1. The first-order chi connectivity index (χ1) is 18.6. The molecule has 3 aromatic rings. The second kappa shape index (κ2) is 10.4. The zero-order chi connectivity index (χ0) is 26.1. The summed E-state index contributed by atoms with van der Waals surface area (Å²) in [5.74, 6) is 6.93. The van der Waals surface area contributed by atoms with Gasteiger partial charge in [-0.25, -0.2) is 4.98 Å². The van der Waals surface area contributed by atoms with Gasteiger partial charge in [-0.15, -0.1) is 0 Å². The predicted octanol–water partition coefficient (Wildman–Crippen LogP) is 3.91. The van der Waals surface area contributed by atoms with Crippen molar-refractivity contribution >= 4 is 23.1 Å². The maximum Gasteiger partial charge on any atom is 0.298 e. The zero-order valence-electron chi connectivity index (χ0n) is 21.9. The van der Waals surface area contributed by atoms with E-state index in [0.717, 1.165) is 84.3 Å². The highest BCUT2D eigenvalue weighted by molar-refractivity contribution is 5.93. The molecule has 0 aliphatic carbocycles. The molecule has 3 aliphatic heterocycles. The number of likely N-dealkylation sites (tertiary alicyclic amines) is 1. The number of pyridine rings is 1. The van der Waals surface area contributed by atoms with E-state index in [0.29, 0.717) is 19.7 Å². The van der Waals surface area contributed by atoms with Gasteiger partial charge in [-0.3, -0.25) is 9.48 Å². The lowest BCUT2D eigenvalue weighted by molar-refractivity contribution is -0.126. The van der Waals surface area contributed by atoms with Crippen molar-refractivity contribution < 1.29 is 14.3 Å². The summed E-state index contributed by atoms with van der Waals surface area (Å²) < 4.78 is 13.9. The Balaban J connectivity index is 1.23. The summed E-state index contributed by atoms with van der Waals surface area (Å²) in [5, 5.41) is 8.25. The first kappa shape index (κ1) is 24.3. The van der Waals surface area contributed by atoms with Crippen molar-refractivity contribution in [2.45, 2.75) is 39.3 Å². The monoisotopic (exact) mass is 512 g/mol. The number of ether oxygens (including phenoxy) is 2. The summed E-state index contributed by atoms with van der Waals surface area (Å²) in [7, 11) is 0. The van der Waals surface area contributed by atoms with Gasteiger partial charge in [-0.05, 0) is 61.9 Å². The Bertz CT molecular complexity index is 1410. The van der Waals surface area contributed by atoms with Crippen LogP contribution >= 0.6 is 0 Å². The van der Waals surface area contributed by atoms with E-state index in [-0.39, 0.29) is 11.9 Å². The van der Waals surface area contributed by atoms with Crippen LogP contribution in [0.1, 0.15) is 36.9 Å². The van der Waals surface area contributed by atoms with Crippen molar-refractivity contribution in [1.29, 1.82) is 0 Å². The molecule has 9 nitrogen and oxygen atoms in total. The SMILES string of the molecule is CC#CC(=O)N1CCC(n2cc(-c3cc(C)c4c(c3)Nc3nccc(N5CCOCC5)c3CO4)cn2)CC1. The maximum absolute atomic E-state index is 12.1. The van der Waals surface area contributed by atoms with E-state index in [9.17, 15) is 4.79 Å². The van der Waals surface area contributed by atoms with E-state index in [1.165, 1.54) is 0 Å². The van der Waals surface area contributed by atoms with Crippen LogP contribution in [0.2, 0.25) is 0 Å². The van der Waals surface area contributed by atoms with Crippen molar-refractivity contribution in [1.82, 2.24) is 19.7 Å². The highest BCUT2D eigenvalue weighted by Gasteiger charge is 2.25. The summed E-state index contributed by atoms with van der Waals surface area (Å²) in [4.78, 5) is 20.9. The number of fused-ring (bicyclic) bond motifs is 2. The molecule has 0 bridgehead atoms. The fourth-order valence-corrected chi connectivity index (χ4v) is 5.54. The van der Waals surface area contributed by atoms with Crippen LogP contribution in [0.5, 0.6) is 5.75 Å². The van der Waals surface area contributed by atoms with Gasteiger partial charge in [0.15, 0.2) is 0 Å². The topological polar surface area (TPSA) is 84.8 Å². The number of anilines is 3. The number of rotatable bonds is 3. The molecule has 2 aromatic heterocycles. The number of aromatic nitrogens is 3. The molecule has 196 valence electrons. The Morgan fingerprint density at radius 1 is 1.13 bits per heavy atom. The number of nitrogens with one attached hydrogen (secondary N) is 1. The highest BCUT2D eigenvalue weighted by Crippen LogP contribution is 2.41. The van der Waals surface area contributed by atoms with E-state index in [1.807, 2.05) is 22.0 Å². The summed E-state index contributed by atoms with van der Waals surface area (Å²) in [6, 6.07) is 6.60. The van der Waals surface area contributed by atoms with Crippen molar-refractivity contribution in [2.24, 2.45) is 0 Å². The maximum atomic E-state index is 12.1. The molecule has 1 amide bonds. The number of carbonyl (C=O) groups excluding carboxylic acids is 1. The molecule has 2 saturated heterocycles. The van der Waals surface area contributed by atoms with Gasteiger partial charge in [0, 0.05) is 49.8 Å². The second-order valence-corrected chi connectivity index (χ2v) is 9.95. The van der Waals surface area contributed by atoms with Gasteiger partial charge < -0.3 is 24.6 Å². The first-order valence-electron chi connectivity index (χ1n) is 13.2. The third kappa shape index (κ3) is 4.68. The van der Waals surface area contributed by atoms with Crippen LogP contribution < -0.4 is 15.0 Å². The zero-order valence-corrected chi connectivity index (χ0v) is 21.9. The van der Waals surface area contributed by atoms with E-state index < -0.39 is 0 Å². The van der Waals surface area contributed by atoms with Crippen LogP contribution in [-0.4, -0.2) is 65.0 Å². The number of piperidine rings is 1. The number of morpholine rings is 1. The van der Waals surface area contributed by atoms with E-state index in [1.54, 1.807) is 6.92 Å². The van der Waals surface area contributed by atoms with Crippen LogP contribution in [0.25, 0.3) is 11.1 Å². The minimum atomic E-state index is -0.0876. The van der Waals surface area contributed by atoms with Gasteiger partial charge in [0.25, 0.3) is 5.91 Å². The molecule has 38 heavy (non-hydrogen) atoms. The molecular formula is C29H32N6O3. The summed E-state index contributed by atoms with van der Waals surface area (Å²) >= 11 is 0. The molecule has 9 heteroatoms. The molecule has 0 atom stereocenters. The molecular weight excluding hydrogens is 480 g/mol. The lowest BCUT2D eigenvalue weighted by Crippen LogP contribution is -2.38. The third-order valence-corrected chi connectivity index (χ3v) is 7.56. The molecule has 0 unspecified atom stereocenters. The minimum absolute atomic E-state index is 0.0876. The summed E-state index contributed by atoms with van der Waals surface area (Å²) in [5.41, 5.74) is 6.29. The number of aryl methyl sites for hydroxylation is 1. The van der Waals surface area contributed by atoms with Crippen molar-refractivity contribution in [2.75, 3.05) is 49.6 Å². The molecule has 0 radical (unpaired) electrons. The Morgan fingerprint density at radius 3 is 2.74 bits per heavy atom. The quantitative estimate of drug-likeness (QED) is 0.533. The molecule has 0 saturated carbocycles. The van der Waals surface area contributed by atoms with Gasteiger partial charge in [-0.2, -0.15) is 5.10 Å². The highest BCUT2D eigenvalue weighted by atomic mass is 16.5. The van der Waals surface area contributed by atoms with Crippen LogP contribution in [-0.2, 0) is 16.1 Å². The lowest BCUT2D eigenvalue weighted by atomic mass is 10.0. The van der Waals surface area contributed by atoms with E-state index in [2.05, 4.69) is 63.5 Å². The van der Waals surface area contributed by atoms with Crippen molar-refractivity contribution in [3.8, 4) is 28.7 Å². The van der Waals surface area contributed by atoms with E-state index in [4.69, 9.17) is 9.47 Å². The van der Waals surface area contributed by atoms with Crippen LogP contribution in [0.15, 0.2) is 36.8 Å². The lowest BCUT2D eigenvalue weighted by Gasteiger charge is -2.30. The summed E-state index contributed by atoms with van der Waals surface area (Å²) in [6.45, 7) is 8.80. The Hall–Kier alpha value is -4.03. The molecule has 5 heterocycles. The van der Waals surface area contributed by atoms with Crippen LogP contribution in [0, 0.1) is 18.8 Å². The van der Waals surface area contributed by atoms with Gasteiger partial charge in [0.1, 0.15) is 18.2 Å². The fourth-order valence-electron chi connectivity index (χ4n) is 5.54. The Morgan fingerprint density at radius 2 is 1.95 bits per heavy atom. The average Bonchev–Trinajstić information content (AvgIpc) is 3.36. The van der Waals surface area contributed by atoms with Gasteiger partial charge in [-0.1, -0.05) is 5.92 Å². The van der Waals surface area contributed by atoms with E-state index >= 15 is 0 Å². The number of hydrogen-bond acceptors (Lipinski definition) is 7. The van der Waals surface area contributed by atoms with Gasteiger partial charge >= 0.3 is 0 Å². The van der Waals surface area contributed by atoms with Gasteiger partial charge in [0.05, 0.1) is 36.7 Å². The normalized spacial score (nSPS) is 17.3. The Kier molecular flexibility index (Phi) is 6.64. The number of nitrogens with zero attached hydrogens (tertiary/aromatic N) is 5. The van der Waals surface area contributed by atoms with Gasteiger partial charge in [0.2, 0.25) is 0 Å². The number of amides is 1. The second-order valence-electron chi connectivity index (χ2n) is 9.95. The van der Waals surface area contributed by atoms with Crippen molar-refractivity contribution in [3.63, 3.8) is 0 Å². The molecule has 0 spiro atoms. The third-order valence-electron chi connectivity index (χ3n) is 7.56. The molecule has 1 N–H and O–H groups in total. The average molecular weight is 513 g/mol. The summed E-state index contributed by atoms with van der Waals surface area (Å²) in [6.07, 6.45) is 7.61. The van der Waals surface area contributed by atoms with Crippen LogP contribution in [0.3, 0.4) is 0 Å². The fraction of sp³-hybridized carbons (Fsp3) is 0.414. The number of hydrogen-bond donors (Lipinski definition) is 1. The molecule has 6 rings (SSSR count). The molecule has 2 fully saturated rings. The first-order valence-corrected chi connectivity index (χ1v) is 13.2. The number of carbonyl (C=O) groups is 1. The van der Waals surface area contributed by atoms with Crippen molar-refractivity contribution in [3.05, 3.63) is 47.9 Å². The smallest absolute Gasteiger partial charge is 0.298 e. The largest absolute Gasteiger partial charge is 0.486 e. The standard InChI is InChI=1S/C29H32N6O3/c1-3-4-27(36)34-9-6-23(7-10-34)35-18-22(17-31-35)21-15-20(2)28-25(16-21)32-29-24(19-38-28)26(5-8-30-29)33-11-13-37-14-12-33/h5,8,15-18,23H,6-7,9-14,19H2,1-2H3,(H,30,32). The minimum Gasteiger partial charge on any atom is -0.486 e. The van der Waals surface area contributed by atoms with Crippen LogP contribution in [0.4, 0.5) is 17.2 Å². The molecule has 1 aromatic carbocycles. The Labute approximate surface area is 222 Å². The predicted molar refractivity (Wildman–Crippen MR) is 146 cm³/mol.